The molecule has 4 heterocycles. The van der Waals surface area contributed by atoms with Gasteiger partial charge in [0.15, 0.2) is 0 Å². The molecule has 6 N–H and O–H groups in total. The lowest BCUT2D eigenvalue weighted by Crippen LogP contribution is -2.41. The summed E-state index contributed by atoms with van der Waals surface area (Å²) >= 11 is 0. The summed E-state index contributed by atoms with van der Waals surface area (Å²) in [6.45, 7) is -0.429. The van der Waals surface area contributed by atoms with Crippen molar-refractivity contribution in [3.63, 3.8) is 0 Å². The molecule has 0 aliphatic carbocycles. The van der Waals surface area contributed by atoms with Gasteiger partial charge in [0.1, 0.15) is 5.78 Å². The lowest BCUT2D eigenvalue weighted by Gasteiger charge is -2.27. The van der Waals surface area contributed by atoms with Crippen LogP contribution < -0.4 is 22.2 Å². The molecule has 2 atom stereocenters. The summed E-state index contributed by atoms with van der Waals surface area (Å²) in [4.78, 5) is 89.1. The molecule has 20 heteroatoms. The zero-order chi connectivity index (χ0) is 32.5. The number of alkyl halides is 3. The number of H-pyrrole nitrogens is 2. The van der Waals surface area contributed by atoms with Crippen LogP contribution in [0, 0.1) is 11.3 Å². The number of hydrogen-bond acceptors (Lipinski definition) is 7. The van der Waals surface area contributed by atoms with Gasteiger partial charge in [0.2, 0.25) is 0 Å². The topological polar surface area (TPSA) is 249 Å². The van der Waals surface area contributed by atoms with Crippen LogP contribution >= 0.6 is 15.2 Å². The average molecular weight is 657 g/mol. The summed E-state index contributed by atoms with van der Waals surface area (Å²) < 4.78 is 63.6. The molecule has 0 radical (unpaired) electrons. The fourth-order valence-electron chi connectivity index (χ4n) is 5.49. The average Bonchev–Trinajstić information content (AvgIpc) is 2.92. The first kappa shape index (κ1) is 31.3. The third-order valence-electron chi connectivity index (χ3n) is 7.38. The van der Waals surface area contributed by atoms with Gasteiger partial charge in [-0.25, -0.2) is 0 Å². The van der Waals surface area contributed by atoms with E-state index in [0.29, 0.717) is 23.6 Å². The van der Waals surface area contributed by atoms with Crippen LogP contribution in [0.2, 0.25) is 0 Å². The number of aryl methyl sites for hydroxylation is 1. The number of aromatic amines is 2. The van der Waals surface area contributed by atoms with Crippen LogP contribution in [0.4, 0.5) is 13.2 Å². The van der Waals surface area contributed by atoms with Gasteiger partial charge in [0.25, 0.3) is 0 Å². The Balaban J connectivity index is 0.000000175. The predicted molar refractivity (Wildman–Crippen MR) is 146 cm³/mol. The zero-order valence-electron chi connectivity index (χ0n) is 21.9. The Morgan fingerprint density at radius 1 is 0.864 bits per heavy atom. The molecule has 6 rings (SSSR count). The molecule has 0 spiro atoms. The van der Waals surface area contributed by atoms with E-state index in [1.807, 2.05) is 6.07 Å². The second-order valence-electron chi connectivity index (χ2n) is 10.2. The standard InChI is InChI=1S/C12H10F3N2O5P.C12H10N3O5P/c13-12(14,15)6-1-5-2-7(23(20,21)22)4-17-9(5)8(3-6)16-10(18)11(17)19;13-5-6-3-7-1-2-9(21(18,19)20)15-10(7)8(4-6)14-11(16)12(15)17/h1,3,7H,2,4H2,(H,16,18)(H2,20,21,22);3-4,9H,1-2H2,(H,14,16)(H2,18,19,20). The maximum Gasteiger partial charge on any atom is 0.416 e. The van der Waals surface area contributed by atoms with Gasteiger partial charge in [0.05, 0.1) is 44.9 Å². The van der Waals surface area contributed by atoms with Crippen molar-refractivity contribution in [3.05, 3.63) is 87.9 Å². The van der Waals surface area contributed by atoms with Crippen molar-refractivity contribution >= 4 is 37.3 Å². The van der Waals surface area contributed by atoms with Gasteiger partial charge in [-0.2, -0.15) is 18.4 Å². The van der Waals surface area contributed by atoms with Gasteiger partial charge in [-0.1, -0.05) is 0 Å². The molecule has 44 heavy (non-hydrogen) atoms. The highest BCUT2D eigenvalue weighted by Gasteiger charge is 2.38. The van der Waals surface area contributed by atoms with E-state index in [0.717, 1.165) is 15.2 Å². The molecule has 2 unspecified atom stereocenters. The van der Waals surface area contributed by atoms with Gasteiger partial charge < -0.3 is 34.1 Å². The Labute approximate surface area is 241 Å². The fraction of sp³-hybridized carbons (Fsp3) is 0.292. The SMILES string of the molecule is N#Cc1cc2c3c(c1)[nH]c(=O)c(=O)n3C(P(=O)(O)O)CC2.O=c1[nH]c2cc(C(F)(F)F)cc3c2n(c1=O)CC(P(=O)(O)O)C3. The number of rotatable bonds is 2. The van der Waals surface area contributed by atoms with Crippen LogP contribution in [0.15, 0.2) is 43.4 Å². The fourth-order valence-corrected chi connectivity index (χ4v) is 7.29. The first-order valence-corrected chi connectivity index (χ1v) is 15.9. The quantitative estimate of drug-likeness (QED) is 0.131. The van der Waals surface area contributed by atoms with E-state index in [4.69, 9.17) is 5.26 Å². The van der Waals surface area contributed by atoms with Crippen molar-refractivity contribution in [1.82, 2.24) is 19.1 Å². The van der Waals surface area contributed by atoms with Crippen molar-refractivity contribution in [3.8, 4) is 6.07 Å². The van der Waals surface area contributed by atoms with Gasteiger partial charge in [0, 0.05) is 6.54 Å². The predicted octanol–water partition coefficient (Wildman–Crippen LogP) is 0.995. The van der Waals surface area contributed by atoms with Crippen LogP contribution in [0.1, 0.15) is 34.5 Å². The van der Waals surface area contributed by atoms with E-state index in [1.165, 1.54) is 6.07 Å². The lowest BCUT2D eigenvalue weighted by molar-refractivity contribution is -0.137. The van der Waals surface area contributed by atoms with E-state index in [9.17, 15) is 61.1 Å². The first-order valence-electron chi connectivity index (χ1n) is 12.5. The molecular formula is C24H20F3N5O10P2. The molecule has 2 aromatic carbocycles. The molecule has 2 aliphatic heterocycles. The first-order chi connectivity index (χ1) is 20.3. The molecule has 0 fully saturated rings. The molecular weight excluding hydrogens is 637 g/mol. The highest BCUT2D eigenvalue weighted by atomic mass is 31.2. The van der Waals surface area contributed by atoms with Gasteiger partial charge >= 0.3 is 43.6 Å². The molecule has 0 amide bonds. The lowest BCUT2D eigenvalue weighted by atomic mass is 10.00. The number of nitrogens with one attached hydrogen (secondary N) is 2. The van der Waals surface area contributed by atoms with E-state index in [-0.39, 0.29) is 40.5 Å². The summed E-state index contributed by atoms with van der Waals surface area (Å²) in [5, 5.41) is 8.97. The van der Waals surface area contributed by atoms with Crippen LogP contribution in [0.3, 0.4) is 0 Å². The second kappa shape index (κ2) is 10.5. The minimum atomic E-state index is -4.70. The van der Waals surface area contributed by atoms with Crippen molar-refractivity contribution < 1.29 is 41.9 Å². The Morgan fingerprint density at radius 2 is 1.48 bits per heavy atom. The molecule has 2 aromatic heterocycles. The Kier molecular flexibility index (Phi) is 7.49. The van der Waals surface area contributed by atoms with Crippen LogP contribution in [0.25, 0.3) is 22.1 Å². The normalized spacial score (nSPS) is 18.0. The minimum Gasteiger partial charge on any atom is -0.324 e. The van der Waals surface area contributed by atoms with Crippen LogP contribution in [-0.2, 0) is 34.7 Å². The maximum atomic E-state index is 12.9. The molecule has 232 valence electrons. The Hall–Kier alpha value is -4.10. The van der Waals surface area contributed by atoms with E-state index < -0.39 is 67.2 Å². The third-order valence-corrected chi connectivity index (χ3v) is 9.94. The van der Waals surface area contributed by atoms with Gasteiger partial charge in [-0.3, -0.25) is 32.9 Å². The largest absolute Gasteiger partial charge is 0.416 e. The van der Waals surface area contributed by atoms with Gasteiger partial charge in [-0.15, -0.1) is 0 Å². The van der Waals surface area contributed by atoms with Crippen molar-refractivity contribution in [2.75, 3.05) is 0 Å². The smallest absolute Gasteiger partial charge is 0.324 e. The Morgan fingerprint density at radius 3 is 2.05 bits per heavy atom. The third kappa shape index (κ3) is 5.50. The molecule has 0 saturated heterocycles. The van der Waals surface area contributed by atoms with E-state index in [1.54, 1.807) is 6.07 Å². The number of halogens is 3. The monoisotopic (exact) mass is 657 g/mol. The molecule has 0 bridgehead atoms. The zero-order valence-corrected chi connectivity index (χ0v) is 23.7. The maximum absolute atomic E-state index is 12.9. The summed E-state index contributed by atoms with van der Waals surface area (Å²) in [5.74, 6) is -1.35. The second-order valence-corrected chi connectivity index (χ2v) is 13.9. The number of nitriles is 1. The summed E-state index contributed by atoms with van der Waals surface area (Å²) in [7, 11) is -9.23. The van der Waals surface area contributed by atoms with Crippen molar-refractivity contribution in [1.29, 1.82) is 5.26 Å². The van der Waals surface area contributed by atoms with Crippen LogP contribution in [0.5, 0.6) is 0 Å². The number of nitrogens with zero attached hydrogens (tertiary/aromatic N) is 3. The van der Waals surface area contributed by atoms with E-state index in [2.05, 4.69) is 9.97 Å². The number of aromatic nitrogens is 4. The summed E-state index contributed by atoms with van der Waals surface area (Å²) in [6, 6.07) is 6.35. The highest BCUT2D eigenvalue weighted by molar-refractivity contribution is 7.52. The van der Waals surface area contributed by atoms with Crippen molar-refractivity contribution in [2.45, 2.75) is 43.4 Å². The van der Waals surface area contributed by atoms with E-state index >= 15 is 0 Å². The summed E-state index contributed by atoms with van der Waals surface area (Å²) in [5.41, 5.74) is -5.33. The number of hydrogen-bond donors (Lipinski definition) is 6. The minimum absolute atomic E-state index is 0.0324. The molecule has 2 aliphatic rings. The van der Waals surface area contributed by atoms with Gasteiger partial charge in [-0.05, 0) is 54.7 Å². The molecule has 15 nitrogen and oxygen atoms in total. The van der Waals surface area contributed by atoms with Crippen molar-refractivity contribution in [2.24, 2.45) is 0 Å². The highest BCUT2D eigenvalue weighted by Crippen LogP contribution is 2.53. The van der Waals surface area contributed by atoms with Crippen LogP contribution in [-0.4, -0.2) is 44.3 Å². The molecule has 4 aromatic rings. The number of benzene rings is 2. The molecule has 0 saturated carbocycles. The summed E-state index contributed by atoms with van der Waals surface area (Å²) in [6.07, 6.45) is -4.67. The Bertz CT molecular complexity index is 2250.